The summed E-state index contributed by atoms with van der Waals surface area (Å²) in [6.07, 6.45) is 10.4. The molecule has 130 valence electrons. The van der Waals surface area contributed by atoms with Crippen LogP contribution in [0.1, 0.15) is 67.0 Å². The fourth-order valence-electron chi connectivity index (χ4n) is 4.41. The molecule has 2 aliphatic rings. The van der Waals surface area contributed by atoms with E-state index in [4.69, 9.17) is 11.5 Å². The first kappa shape index (κ1) is 16.1. The van der Waals surface area contributed by atoms with Gasteiger partial charge in [-0.25, -0.2) is 4.98 Å². The molecule has 2 aliphatic carbocycles. The summed E-state index contributed by atoms with van der Waals surface area (Å²) in [7, 11) is 0. The summed E-state index contributed by atoms with van der Waals surface area (Å²) in [4.78, 5) is 4.50. The minimum Gasteiger partial charge on any atom is -0.383 e. The topological polar surface area (TPSA) is 117 Å². The van der Waals surface area contributed by atoms with Gasteiger partial charge in [-0.15, -0.1) is 0 Å². The van der Waals surface area contributed by atoms with Crippen molar-refractivity contribution in [2.75, 3.05) is 5.73 Å². The number of nitrogen functional groups attached to an aromatic ring is 1. The number of nitrogens with one attached hydrogen (secondary N) is 1. The van der Waals surface area contributed by atoms with Gasteiger partial charge in [-0.2, -0.15) is 10.4 Å². The van der Waals surface area contributed by atoms with Crippen LogP contribution in [0.2, 0.25) is 0 Å². The maximum atomic E-state index is 9.73. The van der Waals surface area contributed by atoms with Crippen LogP contribution in [0.4, 0.5) is 5.82 Å². The second-order valence-electron chi connectivity index (χ2n) is 7.32. The molecule has 4 rings (SSSR count). The molecule has 0 spiro atoms. The average Bonchev–Trinajstić information content (AvgIpc) is 3.11. The second-order valence-corrected chi connectivity index (χ2v) is 7.32. The molecule has 2 aromatic rings. The van der Waals surface area contributed by atoms with E-state index >= 15 is 0 Å². The van der Waals surface area contributed by atoms with Crippen LogP contribution in [0.25, 0.3) is 11.1 Å². The average molecular weight is 336 g/mol. The Bertz CT molecular complexity index is 825. The van der Waals surface area contributed by atoms with Gasteiger partial charge in [0.05, 0.1) is 6.20 Å². The number of anilines is 1. The lowest BCUT2D eigenvalue weighted by atomic mass is 9.81. The van der Waals surface area contributed by atoms with Crippen LogP contribution < -0.4 is 11.5 Å². The first-order valence-electron chi connectivity index (χ1n) is 9.19. The number of pyridine rings is 1. The van der Waals surface area contributed by atoms with Crippen LogP contribution in [0.5, 0.6) is 0 Å². The number of hydrogen-bond acceptors (Lipinski definition) is 5. The predicted octanol–water partition coefficient (Wildman–Crippen LogP) is 2.79. The number of H-pyrrole nitrogens is 1. The van der Waals surface area contributed by atoms with Crippen LogP contribution in [0.15, 0.2) is 6.20 Å². The zero-order valence-electron chi connectivity index (χ0n) is 14.4. The molecule has 0 aromatic carbocycles. The van der Waals surface area contributed by atoms with Gasteiger partial charge in [-0.1, -0.05) is 19.3 Å². The Morgan fingerprint density at radius 1 is 1.20 bits per heavy atom. The highest BCUT2D eigenvalue weighted by Crippen LogP contribution is 2.41. The first-order chi connectivity index (χ1) is 12.2. The smallest absolute Gasteiger partial charge is 0.142 e. The number of rotatable bonds is 2. The Hall–Kier alpha value is -2.39. The van der Waals surface area contributed by atoms with Crippen molar-refractivity contribution in [1.82, 2.24) is 15.2 Å². The molecule has 5 N–H and O–H groups in total. The molecule has 1 fully saturated rings. The maximum Gasteiger partial charge on any atom is 0.142 e. The summed E-state index contributed by atoms with van der Waals surface area (Å²) in [5.74, 6) is 0.794. The van der Waals surface area contributed by atoms with E-state index in [0.717, 1.165) is 47.3 Å². The van der Waals surface area contributed by atoms with E-state index in [9.17, 15) is 5.26 Å². The Morgan fingerprint density at radius 2 is 2.00 bits per heavy atom. The molecule has 1 saturated carbocycles. The third-order valence-corrected chi connectivity index (χ3v) is 5.69. The number of nitrogens with zero attached hydrogens (tertiary/aromatic N) is 3. The molecule has 6 nitrogen and oxygen atoms in total. The quantitative estimate of drug-likeness (QED) is 0.779. The van der Waals surface area contributed by atoms with Crippen LogP contribution in [0, 0.1) is 11.3 Å². The highest BCUT2D eigenvalue weighted by atomic mass is 15.1. The molecule has 6 heteroatoms. The summed E-state index contributed by atoms with van der Waals surface area (Å²) in [6.45, 7) is 0. The lowest BCUT2D eigenvalue weighted by Gasteiger charge is -2.26. The largest absolute Gasteiger partial charge is 0.383 e. The SMILES string of the molecule is N#Cc1c(N)nc2c(c1-c1cn[nH]c1C1CCCCC1)CC(N)CC2. The summed E-state index contributed by atoms with van der Waals surface area (Å²) >= 11 is 0. The van der Waals surface area contributed by atoms with E-state index in [-0.39, 0.29) is 6.04 Å². The normalized spacial score (nSPS) is 20.9. The van der Waals surface area contributed by atoms with E-state index in [1.165, 1.54) is 32.1 Å². The zero-order chi connectivity index (χ0) is 17.4. The summed E-state index contributed by atoms with van der Waals surface area (Å²) in [6, 6.07) is 2.38. The monoisotopic (exact) mass is 336 g/mol. The van der Waals surface area contributed by atoms with Gasteiger partial charge in [-0.05, 0) is 37.7 Å². The van der Waals surface area contributed by atoms with Crippen molar-refractivity contribution in [2.45, 2.75) is 63.3 Å². The van der Waals surface area contributed by atoms with Crippen molar-refractivity contribution in [3.8, 4) is 17.2 Å². The first-order valence-corrected chi connectivity index (χ1v) is 9.19. The van der Waals surface area contributed by atoms with Crippen LogP contribution in [-0.4, -0.2) is 21.2 Å². The van der Waals surface area contributed by atoms with E-state index in [1.807, 2.05) is 6.20 Å². The number of aromatic amines is 1. The zero-order valence-corrected chi connectivity index (χ0v) is 14.4. The van der Waals surface area contributed by atoms with E-state index in [2.05, 4.69) is 21.3 Å². The molecule has 0 saturated heterocycles. The Morgan fingerprint density at radius 3 is 2.76 bits per heavy atom. The number of nitrogens with two attached hydrogens (primary N) is 2. The number of aromatic nitrogens is 3. The van der Waals surface area contributed by atoms with Crippen molar-refractivity contribution in [3.05, 3.63) is 28.7 Å². The van der Waals surface area contributed by atoms with Crippen LogP contribution >= 0.6 is 0 Å². The minimum atomic E-state index is 0.105. The van der Waals surface area contributed by atoms with Crippen molar-refractivity contribution in [3.63, 3.8) is 0 Å². The third-order valence-electron chi connectivity index (χ3n) is 5.69. The van der Waals surface area contributed by atoms with Gasteiger partial charge in [0.15, 0.2) is 0 Å². The van der Waals surface area contributed by atoms with Gasteiger partial charge in [0.25, 0.3) is 0 Å². The lowest BCUT2D eigenvalue weighted by molar-refractivity contribution is 0.437. The van der Waals surface area contributed by atoms with Crippen molar-refractivity contribution >= 4 is 5.82 Å². The predicted molar refractivity (Wildman–Crippen MR) is 96.8 cm³/mol. The molecule has 0 amide bonds. The van der Waals surface area contributed by atoms with Gasteiger partial charge in [0.2, 0.25) is 0 Å². The van der Waals surface area contributed by atoms with Crippen molar-refractivity contribution in [2.24, 2.45) is 5.73 Å². The Balaban J connectivity index is 1.90. The fourth-order valence-corrected chi connectivity index (χ4v) is 4.41. The Kier molecular flexibility index (Phi) is 4.18. The number of nitriles is 1. The molecule has 25 heavy (non-hydrogen) atoms. The van der Waals surface area contributed by atoms with Gasteiger partial charge >= 0.3 is 0 Å². The molecule has 1 unspecified atom stereocenters. The van der Waals surface area contributed by atoms with Crippen LogP contribution in [-0.2, 0) is 12.8 Å². The van der Waals surface area contributed by atoms with Gasteiger partial charge in [-0.3, -0.25) is 5.10 Å². The highest BCUT2D eigenvalue weighted by molar-refractivity contribution is 5.80. The molecule has 2 aromatic heterocycles. The standard InChI is InChI=1S/C19H24N6/c20-9-14-17(13-8-12(21)6-7-16(13)24-19(14)22)15-10-23-25-18(15)11-4-2-1-3-5-11/h10-12H,1-8,21H2,(H2,22,24)(H,23,25). The second kappa shape index (κ2) is 6.49. The van der Waals surface area contributed by atoms with Gasteiger partial charge in [0, 0.05) is 34.5 Å². The summed E-state index contributed by atoms with van der Waals surface area (Å²) in [5, 5.41) is 17.3. The number of aryl methyl sites for hydroxylation is 1. The fraction of sp³-hybridized carbons (Fsp3) is 0.526. The molecule has 2 heterocycles. The molecule has 0 bridgehead atoms. The summed E-state index contributed by atoms with van der Waals surface area (Å²) < 4.78 is 0. The number of hydrogen-bond donors (Lipinski definition) is 3. The molecular weight excluding hydrogens is 312 g/mol. The molecule has 1 atom stereocenters. The van der Waals surface area contributed by atoms with Gasteiger partial charge < -0.3 is 11.5 Å². The molecule has 0 radical (unpaired) electrons. The van der Waals surface area contributed by atoms with E-state index in [1.54, 1.807) is 0 Å². The maximum absolute atomic E-state index is 9.73. The van der Waals surface area contributed by atoms with Crippen molar-refractivity contribution in [1.29, 1.82) is 5.26 Å². The third kappa shape index (κ3) is 2.79. The minimum absolute atomic E-state index is 0.105. The van der Waals surface area contributed by atoms with Crippen LogP contribution in [0.3, 0.4) is 0 Å². The molecular formula is C19H24N6. The van der Waals surface area contributed by atoms with Gasteiger partial charge in [0.1, 0.15) is 17.5 Å². The molecule has 0 aliphatic heterocycles. The number of fused-ring (bicyclic) bond motifs is 1. The highest BCUT2D eigenvalue weighted by Gasteiger charge is 2.29. The Labute approximate surface area is 147 Å². The van der Waals surface area contributed by atoms with E-state index in [0.29, 0.717) is 17.3 Å². The summed E-state index contributed by atoms with van der Waals surface area (Å²) in [5.41, 5.74) is 18.0. The van der Waals surface area contributed by atoms with Crippen molar-refractivity contribution < 1.29 is 0 Å². The van der Waals surface area contributed by atoms with E-state index < -0.39 is 0 Å². The lowest BCUT2D eigenvalue weighted by Crippen LogP contribution is -2.29.